The van der Waals surface area contributed by atoms with Crippen molar-refractivity contribution < 1.29 is 37.1 Å². The van der Waals surface area contributed by atoms with Crippen LogP contribution in [0.25, 0.3) is 10.8 Å². The Bertz CT molecular complexity index is 1890. The number of pyridine rings is 1. The van der Waals surface area contributed by atoms with Crippen LogP contribution in [0.1, 0.15) is 86.5 Å². The number of likely N-dealkylation sites (tertiary alicyclic amines) is 1. The second kappa shape index (κ2) is 15.1. The molecule has 1 aromatic heterocycles. The maximum Gasteiger partial charge on any atom is 0.408 e. The van der Waals surface area contributed by atoms with Crippen LogP contribution in [0.2, 0.25) is 0 Å². The molecule has 6 rings (SSSR count). The third-order valence-corrected chi connectivity index (χ3v) is 13.4. The molecule has 1 aromatic carbocycles. The lowest BCUT2D eigenvalue weighted by Crippen LogP contribution is -2.60. The van der Waals surface area contributed by atoms with Crippen LogP contribution in [0, 0.1) is 29.1 Å². The summed E-state index contributed by atoms with van der Waals surface area (Å²) in [6.07, 6.45) is 5.38. The molecule has 4 fully saturated rings. The van der Waals surface area contributed by atoms with Crippen LogP contribution >= 0.6 is 0 Å². The quantitative estimate of drug-likeness (QED) is 0.255. The molecule has 2 heterocycles. The van der Waals surface area contributed by atoms with Crippen LogP contribution in [0.4, 0.5) is 4.79 Å². The number of nitrogens with one attached hydrogen (secondary N) is 3. The summed E-state index contributed by atoms with van der Waals surface area (Å²) in [5, 5.41) is 6.71. The number of rotatable bonds is 12. The number of ether oxygens (including phenoxy) is 2. The molecule has 8 atom stereocenters. The van der Waals surface area contributed by atoms with Gasteiger partial charge in [-0.05, 0) is 72.8 Å². The Balaban J connectivity index is 1.26. The highest BCUT2D eigenvalue weighted by Crippen LogP contribution is 2.46. The van der Waals surface area contributed by atoms with Crippen LogP contribution in [-0.4, -0.2) is 83.7 Å². The van der Waals surface area contributed by atoms with E-state index in [-0.39, 0.29) is 31.4 Å². The van der Waals surface area contributed by atoms with Gasteiger partial charge in [-0.3, -0.25) is 19.1 Å². The highest BCUT2D eigenvalue weighted by Gasteiger charge is 2.62. The van der Waals surface area contributed by atoms with E-state index < -0.39 is 74.1 Å². The van der Waals surface area contributed by atoms with Crippen molar-refractivity contribution >= 4 is 44.6 Å². The van der Waals surface area contributed by atoms with Gasteiger partial charge in [0.1, 0.15) is 29.8 Å². The summed E-state index contributed by atoms with van der Waals surface area (Å²) in [6.45, 7) is 15.7. The lowest BCUT2D eigenvalue weighted by molar-refractivity contribution is -0.143. The average Bonchev–Trinajstić information content (AvgIpc) is 4.03. The number of nitrogens with zero attached hydrogens (tertiary/aromatic N) is 2. The predicted octanol–water partition coefficient (Wildman–Crippen LogP) is 4.85. The minimum absolute atomic E-state index is 0.0131. The Morgan fingerprint density at radius 2 is 1.78 bits per heavy atom. The number of carbonyl (C=O) groups excluding carboxylic acids is 4. The zero-order valence-corrected chi connectivity index (χ0v) is 33.0. The Morgan fingerprint density at radius 1 is 1.06 bits per heavy atom. The first-order valence-electron chi connectivity index (χ1n) is 19.2. The van der Waals surface area contributed by atoms with E-state index in [4.69, 9.17) is 9.47 Å². The van der Waals surface area contributed by atoms with Crippen molar-refractivity contribution in [2.75, 3.05) is 6.54 Å². The average molecular weight is 766 g/mol. The van der Waals surface area contributed by atoms with Gasteiger partial charge in [0.2, 0.25) is 27.7 Å². The van der Waals surface area contributed by atoms with Gasteiger partial charge < -0.3 is 25.0 Å². The van der Waals surface area contributed by atoms with Crippen molar-refractivity contribution in [3.63, 3.8) is 0 Å². The number of amides is 4. The monoisotopic (exact) mass is 765 g/mol. The first-order chi connectivity index (χ1) is 25.4. The van der Waals surface area contributed by atoms with Gasteiger partial charge in [0.05, 0.1) is 11.8 Å². The van der Waals surface area contributed by atoms with Crippen molar-refractivity contribution in [3.05, 3.63) is 49.2 Å². The third-order valence-electron chi connectivity index (χ3n) is 11.6. The Hall–Kier alpha value is -4.20. The van der Waals surface area contributed by atoms with Crippen molar-refractivity contribution in [3.8, 4) is 5.88 Å². The molecule has 4 amide bonds. The lowest BCUT2D eigenvalue weighted by Gasteiger charge is -2.38. The van der Waals surface area contributed by atoms with E-state index in [0.29, 0.717) is 30.6 Å². The zero-order valence-electron chi connectivity index (χ0n) is 32.2. The van der Waals surface area contributed by atoms with Gasteiger partial charge >= 0.3 is 6.09 Å². The summed E-state index contributed by atoms with van der Waals surface area (Å²) >= 11 is 0. The topological polar surface area (TPSA) is 173 Å². The third kappa shape index (κ3) is 8.38. The van der Waals surface area contributed by atoms with E-state index in [0.717, 1.165) is 30.0 Å². The molecule has 0 spiro atoms. The number of hydrogen-bond acceptors (Lipinski definition) is 9. The molecular formula is C40H55N5O8S. The molecule has 2 aromatic rings. The minimum Gasteiger partial charge on any atom is -0.472 e. The molecule has 0 radical (unpaired) electrons. The Kier molecular flexibility index (Phi) is 11.1. The van der Waals surface area contributed by atoms with Crippen LogP contribution < -0.4 is 20.1 Å². The van der Waals surface area contributed by atoms with Crippen LogP contribution in [0.5, 0.6) is 5.88 Å². The Morgan fingerprint density at radius 3 is 2.43 bits per heavy atom. The van der Waals surface area contributed by atoms with Gasteiger partial charge in [0.15, 0.2) is 0 Å². The number of aromatic nitrogens is 1. The zero-order chi connectivity index (χ0) is 39.2. The molecule has 4 aliphatic rings. The molecule has 3 saturated carbocycles. The van der Waals surface area contributed by atoms with Crippen molar-refractivity contribution in [2.45, 2.75) is 122 Å². The molecule has 3 aliphatic carbocycles. The van der Waals surface area contributed by atoms with E-state index in [9.17, 15) is 27.6 Å². The minimum atomic E-state index is -3.89. The standard InChI is InChI=1S/C40H55N5O8S/c1-8-26-21-40(26,37(48)44-54(50,51)28-14-15-28)43-34(46)31-20-27(52-35-30-12-10-9-11-25(30)17-18-41-35)22-45(31)36(47)33(39(5,6)7)42-38(49)53-32-19-24(4)13-16-29(32)23(2)3/h8-12,17-18,23-24,26-29,31-33H,1,13-16,19-22H2,2-7H3,(H,42,49)(H,43,46)(H,44,48)/t24-,26-,27-,29+,31+,32-,33-,40-/m1/s1. The molecule has 1 aliphatic heterocycles. The fourth-order valence-corrected chi connectivity index (χ4v) is 9.46. The van der Waals surface area contributed by atoms with E-state index >= 15 is 0 Å². The largest absolute Gasteiger partial charge is 0.472 e. The fraction of sp³-hybridized carbons (Fsp3) is 0.625. The molecule has 3 N–H and O–H groups in total. The number of carbonyl (C=O) groups is 4. The van der Waals surface area contributed by atoms with E-state index in [1.807, 2.05) is 51.1 Å². The Labute approximate surface area is 318 Å². The van der Waals surface area contributed by atoms with Gasteiger partial charge in [-0.1, -0.05) is 72.2 Å². The molecule has 294 valence electrons. The van der Waals surface area contributed by atoms with Gasteiger partial charge in [-0.15, -0.1) is 6.58 Å². The molecule has 13 nitrogen and oxygen atoms in total. The molecule has 1 saturated heterocycles. The summed E-state index contributed by atoms with van der Waals surface area (Å²) in [7, 11) is -3.89. The summed E-state index contributed by atoms with van der Waals surface area (Å²) in [5.41, 5.74) is -2.34. The highest BCUT2D eigenvalue weighted by atomic mass is 32.2. The van der Waals surface area contributed by atoms with Crippen LogP contribution in [0.3, 0.4) is 0 Å². The van der Waals surface area contributed by atoms with E-state index in [1.54, 1.807) is 6.20 Å². The van der Waals surface area contributed by atoms with Crippen molar-refractivity contribution in [1.82, 2.24) is 25.2 Å². The number of benzene rings is 1. The van der Waals surface area contributed by atoms with Crippen LogP contribution in [0.15, 0.2) is 49.2 Å². The predicted molar refractivity (Wildman–Crippen MR) is 204 cm³/mol. The van der Waals surface area contributed by atoms with Crippen molar-refractivity contribution in [1.29, 1.82) is 0 Å². The molecular weight excluding hydrogens is 711 g/mol. The van der Waals surface area contributed by atoms with Gasteiger partial charge in [-0.2, -0.15) is 0 Å². The number of hydrogen-bond donors (Lipinski definition) is 3. The normalized spacial score (nSPS) is 28.9. The van der Waals surface area contributed by atoms with Gasteiger partial charge in [-0.25, -0.2) is 18.2 Å². The fourth-order valence-electron chi connectivity index (χ4n) is 8.09. The van der Waals surface area contributed by atoms with Crippen molar-refractivity contribution in [2.24, 2.45) is 29.1 Å². The smallest absolute Gasteiger partial charge is 0.408 e. The molecule has 54 heavy (non-hydrogen) atoms. The second-order valence-electron chi connectivity index (χ2n) is 17.2. The summed E-state index contributed by atoms with van der Waals surface area (Å²) in [5.74, 6) is -1.23. The first-order valence-corrected chi connectivity index (χ1v) is 20.8. The van der Waals surface area contributed by atoms with Gasteiger partial charge in [0, 0.05) is 23.9 Å². The van der Waals surface area contributed by atoms with E-state index in [2.05, 4.69) is 47.7 Å². The number of sulfonamides is 1. The maximum atomic E-state index is 14.7. The maximum absolute atomic E-state index is 14.7. The summed E-state index contributed by atoms with van der Waals surface area (Å²) in [4.78, 5) is 62.0. The first kappa shape index (κ1) is 39.5. The van der Waals surface area contributed by atoms with Gasteiger partial charge in [0.25, 0.3) is 5.91 Å². The summed E-state index contributed by atoms with van der Waals surface area (Å²) < 4.78 is 40.1. The molecule has 14 heteroatoms. The molecule has 0 unspecified atom stereocenters. The van der Waals surface area contributed by atoms with Crippen LogP contribution in [-0.2, 0) is 29.1 Å². The SMILES string of the molecule is C=C[C@@H]1C[C@]1(NC(=O)[C@@H]1C[C@@H](Oc2nccc3ccccc23)CN1C(=O)[C@@H](NC(=O)O[C@@H]1C[C@H](C)CC[C@H]1C(C)C)C(C)(C)C)C(=O)NS(=O)(=O)C1CC1. The second-order valence-corrected chi connectivity index (χ2v) is 19.2. The summed E-state index contributed by atoms with van der Waals surface area (Å²) in [6, 6.07) is 7.23. The number of fused-ring (bicyclic) bond motifs is 1. The molecule has 0 bridgehead atoms. The van der Waals surface area contributed by atoms with E-state index in [1.165, 1.54) is 11.0 Å². The highest BCUT2D eigenvalue weighted by molar-refractivity contribution is 7.91. The number of alkyl carbamates (subject to hydrolysis) is 1. The lowest BCUT2D eigenvalue weighted by atomic mass is 9.75.